The summed E-state index contributed by atoms with van der Waals surface area (Å²) in [6.45, 7) is 8.84. The highest BCUT2D eigenvalue weighted by Crippen LogP contribution is 2.42. The van der Waals surface area contributed by atoms with E-state index in [1.165, 1.54) is 38.8 Å². The molecular weight excluding hydrogens is 636 g/mol. The van der Waals surface area contributed by atoms with Gasteiger partial charge in [-0.1, -0.05) is 104 Å². The van der Waals surface area contributed by atoms with Gasteiger partial charge in [0.2, 0.25) is 0 Å². The van der Waals surface area contributed by atoms with Gasteiger partial charge in [-0.25, -0.2) is 4.79 Å². The van der Waals surface area contributed by atoms with Gasteiger partial charge in [-0.15, -0.1) is 0 Å². The van der Waals surface area contributed by atoms with Gasteiger partial charge < -0.3 is 30.1 Å². The lowest BCUT2D eigenvalue weighted by molar-refractivity contribution is -0.276. The number of carbonyl (C=O) groups excluding carboxylic acids is 1. The molecule has 3 aliphatic heterocycles. The van der Waals surface area contributed by atoms with Gasteiger partial charge in [-0.2, -0.15) is 0 Å². The molecule has 0 radical (unpaired) electrons. The minimum atomic E-state index is -0.493. The molecule has 3 N–H and O–H groups in total. The molecular formula is C43H52N4O4. The maximum absolute atomic E-state index is 12.4. The molecule has 8 nitrogen and oxygen atoms in total. The highest BCUT2D eigenvalue weighted by Gasteiger charge is 2.40. The van der Waals surface area contributed by atoms with Crippen LogP contribution < -0.4 is 10.6 Å². The van der Waals surface area contributed by atoms with Gasteiger partial charge in [0.05, 0.1) is 18.8 Å². The number of rotatable bonds is 12. The predicted octanol–water partition coefficient (Wildman–Crippen LogP) is 7.20. The smallest absolute Gasteiger partial charge is 0.315 e. The highest BCUT2D eigenvalue weighted by atomic mass is 16.7. The summed E-state index contributed by atoms with van der Waals surface area (Å²) in [5.41, 5.74) is 7.28. The molecule has 3 fully saturated rings. The Morgan fingerprint density at radius 2 is 1.43 bits per heavy atom. The number of hydrogen-bond donors (Lipinski definition) is 3. The maximum atomic E-state index is 12.4. The first-order valence-electron chi connectivity index (χ1n) is 18.7. The monoisotopic (exact) mass is 688 g/mol. The lowest BCUT2D eigenvalue weighted by Gasteiger charge is -2.43. The Labute approximate surface area is 302 Å². The number of urea groups is 1. The van der Waals surface area contributed by atoms with Crippen molar-refractivity contribution in [1.82, 2.24) is 20.4 Å². The van der Waals surface area contributed by atoms with Crippen LogP contribution in [0.2, 0.25) is 0 Å². The van der Waals surface area contributed by atoms with Crippen molar-refractivity contribution in [2.45, 2.75) is 76.8 Å². The number of amides is 2. The molecule has 8 heteroatoms. The topological polar surface area (TPSA) is 86.3 Å². The van der Waals surface area contributed by atoms with E-state index in [2.05, 4.69) is 75.9 Å². The standard InChI is InChI=1S/C43H52N4O4/c1-31-40(29-47-24-8-13-39(47)28-46-22-5-6-23-46)50-42(51-41(31)36-16-14-33(30-48)15-17-36)37-20-18-35(19-21-37)38-12-7-11-34(25-38)27-45-43(49)44-26-32-9-3-2-4-10-32/h2-4,7,9-12,14-21,25,31,39-42,48H,5-6,8,13,22-24,26-30H2,1H3,(H2,44,45,49). The second kappa shape index (κ2) is 17.0. The Morgan fingerprint density at radius 3 is 2.18 bits per heavy atom. The normalized spacial score (nSPS) is 24.1. The lowest BCUT2D eigenvalue weighted by Crippen LogP contribution is -2.48. The first-order chi connectivity index (χ1) is 25.0. The van der Waals surface area contributed by atoms with E-state index < -0.39 is 6.29 Å². The largest absolute Gasteiger partial charge is 0.392 e. The minimum Gasteiger partial charge on any atom is -0.392 e. The quantitative estimate of drug-likeness (QED) is 0.146. The first kappa shape index (κ1) is 35.4. The number of ether oxygens (including phenoxy) is 2. The molecule has 5 atom stereocenters. The number of hydrogen-bond acceptors (Lipinski definition) is 6. The second-order valence-electron chi connectivity index (χ2n) is 14.5. The van der Waals surface area contributed by atoms with Gasteiger partial charge in [-0.3, -0.25) is 4.90 Å². The van der Waals surface area contributed by atoms with Crippen molar-refractivity contribution in [1.29, 1.82) is 0 Å². The summed E-state index contributed by atoms with van der Waals surface area (Å²) >= 11 is 0. The highest BCUT2D eigenvalue weighted by molar-refractivity contribution is 5.74. The van der Waals surface area contributed by atoms with E-state index in [0.717, 1.165) is 58.6 Å². The summed E-state index contributed by atoms with van der Waals surface area (Å²) in [5.74, 6) is 0.158. The van der Waals surface area contributed by atoms with Crippen LogP contribution in [-0.4, -0.2) is 65.8 Å². The number of nitrogens with zero attached hydrogens (tertiary/aromatic N) is 2. The summed E-state index contributed by atoms with van der Waals surface area (Å²) in [6.07, 6.45) is 4.53. The fraction of sp³-hybridized carbons (Fsp3) is 0.419. The van der Waals surface area contributed by atoms with Crippen LogP contribution in [0, 0.1) is 5.92 Å². The van der Waals surface area contributed by atoms with Gasteiger partial charge >= 0.3 is 6.03 Å². The summed E-state index contributed by atoms with van der Waals surface area (Å²) in [7, 11) is 0. The Hall–Kier alpha value is -4.05. The van der Waals surface area contributed by atoms with Crippen molar-refractivity contribution in [3.63, 3.8) is 0 Å². The number of nitrogens with one attached hydrogen (secondary N) is 2. The third-order valence-corrected chi connectivity index (χ3v) is 10.9. The van der Waals surface area contributed by atoms with Crippen LogP contribution in [0.3, 0.4) is 0 Å². The number of aliphatic hydroxyl groups is 1. The number of benzene rings is 4. The molecule has 268 valence electrons. The van der Waals surface area contributed by atoms with Gasteiger partial charge in [-0.05, 0) is 84.8 Å². The number of aliphatic hydroxyl groups excluding tert-OH is 1. The van der Waals surface area contributed by atoms with E-state index in [0.29, 0.717) is 19.1 Å². The molecule has 2 amide bonds. The zero-order valence-electron chi connectivity index (χ0n) is 29.8. The Balaban J connectivity index is 1.03. The molecule has 5 unspecified atom stereocenters. The average molecular weight is 689 g/mol. The molecule has 4 aromatic carbocycles. The van der Waals surface area contributed by atoms with Crippen LogP contribution in [0.1, 0.15) is 72.8 Å². The number of carbonyl (C=O) groups is 1. The maximum Gasteiger partial charge on any atom is 0.315 e. The van der Waals surface area contributed by atoms with Crippen LogP contribution in [-0.2, 0) is 29.2 Å². The molecule has 0 aliphatic carbocycles. The van der Waals surface area contributed by atoms with Crippen molar-refractivity contribution in [3.8, 4) is 11.1 Å². The molecule has 0 saturated carbocycles. The van der Waals surface area contributed by atoms with Gasteiger partial charge in [0, 0.05) is 43.7 Å². The van der Waals surface area contributed by atoms with E-state index >= 15 is 0 Å². The van der Waals surface area contributed by atoms with E-state index in [1.54, 1.807) is 0 Å². The SMILES string of the molecule is CC1C(CN2CCCC2CN2CCCC2)OC(c2ccc(-c3cccc(CNC(=O)NCc4ccccc4)c3)cc2)OC1c1ccc(CO)cc1. The molecule has 4 aromatic rings. The van der Waals surface area contributed by atoms with Crippen LogP contribution in [0.25, 0.3) is 11.1 Å². The van der Waals surface area contributed by atoms with Crippen LogP contribution in [0.4, 0.5) is 4.79 Å². The van der Waals surface area contributed by atoms with Crippen molar-refractivity contribution in [2.75, 3.05) is 32.7 Å². The van der Waals surface area contributed by atoms with Crippen LogP contribution in [0.15, 0.2) is 103 Å². The van der Waals surface area contributed by atoms with Crippen molar-refractivity contribution in [2.24, 2.45) is 5.92 Å². The lowest BCUT2D eigenvalue weighted by atomic mass is 9.89. The molecule has 3 heterocycles. The molecule has 51 heavy (non-hydrogen) atoms. The zero-order chi connectivity index (χ0) is 35.0. The summed E-state index contributed by atoms with van der Waals surface area (Å²) in [4.78, 5) is 17.8. The Kier molecular flexibility index (Phi) is 11.8. The third kappa shape index (κ3) is 9.07. The minimum absolute atomic E-state index is 0.0131. The molecule has 3 saturated heterocycles. The first-order valence-corrected chi connectivity index (χ1v) is 18.7. The molecule has 3 aliphatic rings. The average Bonchev–Trinajstić information content (AvgIpc) is 3.87. The zero-order valence-corrected chi connectivity index (χ0v) is 29.8. The fourth-order valence-electron chi connectivity index (χ4n) is 7.88. The van der Waals surface area contributed by atoms with Crippen molar-refractivity contribution >= 4 is 6.03 Å². The van der Waals surface area contributed by atoms with Gasteiger partial charge in [0.25, 0.3) is 0 Å². The van der Waals surface area contributed by atoms with E-state index in [9.17, 15) is 9.90 Å². The molecule has 0 spiro atoms. The Morgan fingerprint density at radius 1 is 0.725 bits per heavy atom. The second-order valence-corrected chi connectivity index (χ2v) is 14.5. The summed E-state index contributed by atoms with van der Waals surface area (Å²) in [5, 5.41) is 15.6. The van der Waals surface area contributed by atoms with Crippen LogP contribution in [0.5, 0.6) is 0 Å². The van der Waals surface area contributed by atoms with E-state index in [4.69, 9.17) is 9.47 Å². The Bertz CT molecular complexity index is 1690. The molecule has 7 rings (SSSR count). The third-order valence-electron chi connectivity index (χ3n) is 10.9. The summed E-state index contributed by atoms with van der Waals surface area (Å²) < 4.78 is 13.6. The van der Waals surface area contributed by atoms with Crippen molar-refractivity contribution < 1.29 is 19.4 Å². The van der Waals surface area contributed by atoms with Gasteiger partial charge in [0.15, 0.2) is 6.29 Å². The summed E-state index contributed by atoms with van der Waals surface area (Å²) in [6, 6.07) is 35.2. The van der Waals surface area contributed by atoms with Gasteiger partial charge in [0.1, 0.15) is 0 Å². The van der Waals surface area contributed by atoms with E-state index in [1.807, 2.05) is 54.6 Å². The molecule has 0 bridgehead atoms. The van der Waals surface area contributed by atoms with E-state index in [-0.39, 0.29) is 30.8 Å². The fourth-order valence-corrected chi connectivity index (χ4v) is 7.88. The number of likely N-dealkylation sites (tertiary alicyclic amines) is 2. The molecule has 0 aromatic heterocycles. The van der Waals surface area contributed by atoms with Crippen molar-refractivity contribution in [3.05, 3.63) is 131 Å². The van der Waals surface area contributed by atoms with Crippen LogP contribution >= 0.6 is 0 Å². The predicted molar refractivity (Wildman–Crippen MR) is 201 cm³/mol.